The van der Waals surface area contributed by atoms with Gasteiger partial charge in [0, 0.05) is 5.92 Å². The van der Waals surface area contributed by atoms with E-state index in [0.717, 1.165) is 11.1 Å². The summed E-state index contributed by atoms with van der Waals surface area (Å²) in [6.45, 7) is 7.53. The summed E-state index contributed by atoms with van der Waals surface area (Å²) in [4.78, 5) is 0.138. The first-order chi connectivity index (χ1) is 9.72. The van der Waals surface area contributed by atoms with Crippen LogP contribution in [0.25, 0.3) is 0 Å². The van der Waals surface area contributed by atoms with Crippen molar-refractivity contribution < 1.29 is 17.7 Å². The lowest BCUT2D eigenvalue weighted by Crippen LogP contribution is -2.23. The zero-order chi connectivity index (χ0) is 16.0. The van der Waals surface area contributed by atoms with E-state index in [9.17, 15) is 13.5 Å². The highest BCUT2D eigenvalue weighted by molar-refractivity contribution is 7.86. The van der Waals surface area contributed by atoms with Gasteiger partial charge in [0.1, 0.15) is 0 Å². The highest BCUT2D eigenvalue weighted by atomic mass is 32.2. The van der Waals surface area contributed by atoms with Crippen LogP contribution in [0.5, 0.6) is 0 Å². The minimum Gasteiger partial charge on any atom is -0.392 e. The average Bonchev–Trinajstić information content (AvgIpc) is 2.42. The van der Waals surface area contributed by atoms with Gasteiger partial charge < -0.3 is 5.11 Å². The zero-order valence-corrected chi connectivity index (χ0v) is 13.9. The van der Waals surface area contributed by atoms with E-state index in [4.69, 9.17) is 4.18 Å². The van der Waals surface area contributed by atoms with Crippen LogP contribution in [0.4, 0.5) is 0 Å². The van der Waals surface area contributed by atoms with Crippen LogP contribution in [0.1, 0.15) is 32.8 Å². The van der Waals surface area contributed by atoms with Crippen molar-refractivity contribution in [1.29, 1.82) is 0 Å². The quantitative estimate of drug-likeness (QED) is 0.621. The lowest BCUT2D eigenvalue weighted by atomic mass is 10.0. The topological polar surface area (TPSA) is 63.6 Å². The van der Waals surface area contributed by atoms with Crippen molar-refractivity contribution in [2.45, 2.75) is 45.1 Å². The molecule has 0 aliphatic heterocycles. The van der Waals surface area contributed by atoms with Gasteiger partial charge in [0.15, 0.2) is 0 Å². The molecule has 0 fully saturated rings. The molecule has 1 rings (SSSR count). The molecule has 21 heavy (non-hydrogen) atoms. The molecular weight excluding hydrogens is 288 g/mol. The minimum absolute atomic E-state index is 0.0338. The molecule has 0 bridgehead atoms. The molecule has 1 N–H and O–H groups in total. The Kier molecular flexibility index (Phi) is 6.58. The largest absolute Gasteiger partial charge is 0.392 e. The van der Waals surface area contributed by atoms with Gasteiger partial charge in [-0.05, 0) is 39.3 Å². The third kappa shape index (κ3) is 5.99. The Bertz CT molecular complexity index is 569. The van der Waals surface area contributed by atoms with E-state index in [-0.39, 0.29) is 17.4 Å². The van der Waals surface area contributed by atoms with E-state index in [1.54, 1.807) is 19.1 Å². The third-order valence-corrected chi connectivity index (χ3v) is 4.52. The van der Waals surface area contributed by atoms with E-state index in [1.807, 2.05) is 26.8 Å². The van der Waals surface area contributed by atoms with Gasteiger partial charge in [-0.25, -0.2) is 0 Å². The van der Waals surface area contributed by atoms with Crippen molar-refractivity contribution in [2.24, 2.45) is 5.92 Å². The fourth-order valence-electron chi connectivity index (χ4n) is 1.67. The maximum absolute atomic E-state index is 12.0. The fourth-order valence-corrected chi connectivity index (χ4v) is 2.67. The van der Waals surface area contributed by atoms with E-state index in [1.165, 1.54) is 12.1 Å². The summed E-state index contributed by atoms with van der Waals surface area (Å²) in [5.41, 5.74) is 2.11. The summed E-state index contributed by atoms with van der Waals surface area (Å²) in [6.07, 6.45) is 1.81. The van der Waals surface area contributed by atoms with Gasteiger partial charge >= 0.3 is 0 Å². The van der Waals surface area contributed by atoms with Crippen LogP contribution in [-0.4, -0.2) is 26.2 Å². The monoisotopic (exact) mass is 312 g/mol. The predicted molar refractivity (Wildman–Crippen MR) is 83.5 cm³/mol. The molecule has 0 saturated heterocycles. The molecule has 0 saturated carbocycles. The van der Waals surface area contributed by atoms with E-state index < -0.39 is 16.2 Å². The summed E-state index contributed by atoms with van der Waals surface area (Å²) in [6, 6.07) is 6.50. The molecule has 2 atom stereocenters. The van der Waals surface area contributed by atoms with Gasteiger partial charge in [-0.3, -0.25) is 4.18 Å². The van der Waals surface area contributed by atoms with Crippen molar-refractivity contribution in [3.05, 3.63) is 41.5 Å². The lowest BCUT2D eigenvalue weighted by Gasteiger charge is -2.17. The van der Waals surface area contributed by atoms with Crippen LogP contribution in [0, 0.1) is 12.8 Å². The van der Waals surface area contributed by atoms with Crippen molar-refractivity contribution in [3.63, 3.8) is 0 Å². The SMILES string of the molecule is CC(C)=CC[C@@H](O)[C@@H](C)COS(=O)(=O)c1ccc(C)cc1. The predicted octanol–water partition coefficient (Wildman–Crippen LogP) is 3.05. The van der Waals surface area contributed by atoms with Crippen molar-refractivity contribution in [1.82, 2.24) is 0 Å². The van der Waals surface area contributed by atoms with Gasteiger partial charge in [0.2, 0.25) is 0 Å². The number of hydrogen-bond acceptors (Lipinski definition) is 4. The van der Waals surface area contributed by atoms with Gasteiger partial charge in [0.25, 0.3) is 10.1 Å². The maximum Gasteiger partial charge on any atom is 0.296 e. The third-order valence-electron chi connectivity index (χ3n) is 3.22. The van der Waals surface area contributed by atoms with Crippen LogP contribution in [-0.2, 0) is 14.3 Å². The minimum atomic E-state index is -3.76. The second-order valence-corrected chi connectivity index (χ2v) is 7.23. The average molecular weight is 312 g/mol. The maximum atomic E-state index is 12.0. The van der Waals surface area contributed by atoms with Gasteiger partial charge in [0.05, 0.1) is 17.6 Å². The fraction of sp³-hybridized carbons (Fsp3) is 0.500. The molecule has 0 aliphatic rings. The Hall–Kier alpha value is -1.17. The van der Waals surface area contributed by atoms with Crippen molar-refractivity contribution >= 4 is 10.1 Å². The number of aryl methyl sites for hydroxylation is 1. The molecule has 0 radical (unpaired) electrons. The molecule has 118 valence electrons. The number of benzene rings is 1. The number of aliphatic hydroxyl groups is 1. The highest BCUT2D eigenvalue weighted by Crippen LogP contribution is 2.16. The summed E-state index contributed by atoms with van der Waals surface area (Å²) in [5.74, 6) is -0.263. The molecule has 1 aromatic rings. The Balaban J connectivity index is 2.61. The van der Waals surface area contributed by atoms with E-state index in [0.29, 0.717) is 6.42 Å². The Morgan fingerprint density at radius 3 is 2.38 bits per heavy atom. The van der Waals surface area contributed by atoms with Crippen molar-refractivity contribution in [3.8, 4) is 0 Å². The Labute approximate surface area is 127 Å². The zero-order valence-electron chi connectivity index (χ0n) is 13.0. The normalized spacial score (nSPS) is 14.5. The summed E-state index contributed by atoms with van der Waals surface area (Å²) in [7, 11) is -3.76. The van der Waals surface area contributed by atoms with Gasteiger partial charge in [-0.2, -0.15) is 8.42 Å². The number of hydrogen-bond donors (Lipinski definition) is 1. The molecule has 0 aliphatic carbocycles. The molecule has 1 aromatic carbocycles. The molecule has 0 spiro atoms. The summed E-state index contributed by atoms with van der Waals surface area (Å²) < 4.78 is 29.1. The van der Waals surface area contributed by atoms with Crippen LogP contribution in [0.15, 0.2) is 40.8 Å². The van der Waals surface area contributed by atoms with Crippen LogP contribution >= 0.6 is 0 Å². The van der Waals surface area contributed by atoms with Crippen LogP contribution in [0.3, 0.4) is 0 Å². The second-order valence-electron chi connectivity index (χ2n) is 5.61. The molecule has 0 heterocycles. The van der Waals surface area contributed by atoms with Crippen LogP contribution in [0.2, 0.25) is 0 Å². The highest BCUT2D eigenvalue weighted by Gasteiger charge is 2.20. The molecular formula is C16H24O4S. The second kappa shape index (κ2) is 7.73. The van der Waals surface area contributed by atoms with Crippen LogP contribution < -0.4 is 0 Å². The summed E-state index contributed by atoms with van der Waals surface area (Å²) >= 11 is 0. The molecule has 0 amide bonds. The molecule has 0 aromatic heterocycles. The molecule has 4 nitrogen and oxygen atoms in total. The standard InChI is InChI=1S/C16H24O4S/c1-12(2)5-10-16(17)14(4)11-20-21(18,19)15-8-6-13(3)7-9-15/h5-9,14,16-17H,10-11H2,1-4H3/t14-,16+/m0/s1. The number of rotatable bonds is 7. The number of aliphatic hydroxyl groups excluding tert-OH is 1. The summed E-state index contributed by atoms with van der Waals surface area (Å²) in [5, 5.41) is 9.95. The lowest BCUT2D eigenvalue weighted by molar-refractivity contribution is 0.0886. The van der Waals surface area contributed by atoms with E-state index in [2.05, 4.69) is 0 Å². The molecule has 0 unspecified atom stereocenters. The smallest absolute Gasteiger partial charge is 0.296 e. The number of allylic oxidation sites excluding steroid dienone is 1. The van der Waals surface area contributed by atoms with Gasteiger partial charge in [-0.15, -0.1) is 0 Å². The Morgan fingerprint density at radius 2 is 1.86 bits per heavy atom. The van der Waals surface area contributed by atoms with Gasteiger partial charge in [-0.1, -0.05) is 36.3 Å². The first-order valence-electron chi connectivity index (χ1n) is 7.00. The first-order valence-corrected chi connectivity index (χ1v) is 8.40. The Morgan fingerprint density at radius 1 is 1.29 bits per heavy atom. The first kappa shape index (κ1) is 17.9. The molecule has 5 heteroatoms. The van der Waals surface area contributed by atoms with E-state index >= 15 is 0 Å². The van der Waals surface area contributed by atoms with Crippen molar-refractivity contribution in [2.75, 3.05) is 6.61 Å².